The summed E-state index contributed by atoms with van der Waals surface area (Å²) < 4.78 is 5.69. The van der Waals surface area contributed by atoms with Gasteiger partial charge in [0.1, 0.15) is 0 Å². The van der Waals surface area contributed by atoms with E-state index in [4.69, 9.17) is 17.0 Å². The van der Waals surface area contributed by atoms with Gasteiger partial charge < -0.3 is 15.4 Å². The van der Waals surface area contributed by atoms with Crippen molar-refractivity contribution in [2.45, 2.75) is 38.3 Å². The first-order valence-corrected chi connectivity index (χ1v) is 8.21. The molecule has 1 saturated heterocycles. The first-order valence-electron chi connectivity index (χ1n) is 7.80. The highest BCUT2D eigenvalue weighted by Crippen LogP contribution is 2.19. The summed E-state index contributed by atoms with van der Waals surface area (Å²) in [6.07, 6.45) is 3.55. The zero-order chi connectivity index (χ0) is 15.1. The van der Waals surface area contributed by atoms with Gasteiger partial charge in [-0.25, -0.2) is 0 Å². The van der Waals surface area contributed by atoms with Crippen LogP contribution in [0.2, 0.25) is 0 Å². The zero-order valence-corrected chi connectivity index (χ0v) is 13.8. The smallest absolute Gasteiger partial charge is 0.0812 e. The molecule has 1 aliphatic rings. The van der Waals surface area contributed by atoms with Gasteiger partial charge in [0.05, 0.1) is 11.1 Å². The first kappa shape index (κ1) is 16.4. The maximum Gasteiger partial charge on any atom is 0.0812 e. The summed E-state index contributed by atoms with van der Waals surface area (Å²) in [5.41, 5.74) is 1.33. The molecule has 3 nitrogen and oxygen atoms in total. The van der Waals surface area contributed by atoms with Crippen LogP contribution in [0.1, 0.15) is 25.3 Å². The van der Waals surface area contributed by atoms with E-state index in [1.54, 1.807) is 7.11 Å². The van der Waals surface area contributed by atoms with E-state index in [2.05, 4.69) is 41.8 Å². The number of benzene rings is 1. The molecule has 21 heavy (non-hydrogen) atoms. The number of nitrogens with one attached hydrogen (secondary N) is 2. The number of rotatable bonds is 7. The molecule has 1 aliphatic heterocycles. The molecule has 1 heterocycles. The molecule has 0 amide bonds. The van der Waals surface area contributed by atoms with E-state index >= 15 is 0 Å². The molecule has 1 aromatic rings. The van der Waals surface area contributed by atoms with Crippen LogP contribution < -0.4 is 10.6 Å². The molecule has 1 fully saturated rings. The van der Waals surface area contributed by atoms with Crippen molar-refractivity contribution in [1.82, 2.24) is 10.6 Å². The number of thiocarbonyl (C=S) groups is 1. The molecular weight excluding hydrogens is 280 g/mol. The maximum atomic E-state index is 5.69. The molecule has 0 aliphatic carbocycles. The van der Waals surface area contributed by atoms with Crippen molar-refractivity contribution in [1.29, 1.82) is 0 Å². The largest absolute Gasteiger partial charge is 0.379 e. The summed E-state index contributed by atoms with van der Waals surface area (Å²) in [6, 6.07) is 10.9. The van der Waals surface area contributed by atoms with Crippen LogP contribution in [-0.2, 0) is 11.2 Å². The van der Waals surface area contributed by atoms with Crippen molar-refractivity contribution in [2.24, 2.45) is 5.92 Å². The Bertz CT molecular complexity index is 432. The SMILES string of the molecule is CO[C@@H]([C@@H]1CCCN1)[C@@H](C)C(=S)NCCc1ccccc1. The van der Waals surface area contributed by atoms with Crippen LogP contribution in [0, 0.1) is 5.92 Å². The summed E-state index contributed by atoms with van der Waals surface area (Å²) >= 11 is 5.55. The van der Waals surface area contributed by atoms with E-state index in [9.17, 15) is 0 Å². The van der Waals surface area contributed by atoms with Gasteiger partial charge in [-0.3, -0.25) is 0 Å². The van der Waals surface area contributed by atoms with Crippen LogP contribution in [0.3, 0.4) is 0 Å². The summed E-state index contributed by atoms with van der Waals surface area (Å²) in [5, 5.41) is 6.91. The number of ether oxygens (including phenoxy) is 1. The van der Waals surface area contributed by atoms with Crippen molar-refractivity contribution in [2.75, 3.05) is 20.2 Å². The lowest BCUT2D eigenvalue weighted by Crippen LogP contribution is -2.46. The molecule has 0 saturated carbocycles. The summed E-state index contributed by atoms with van der Waals surface area (Å²) in [7, 11) is 1.79. The van der Waals surface area contributed by atoms with E-state index in [0.29, 0.717) is 6.04 Å². The molecule has 1 aromatic carbocycles. The lowest BCUT2D eigenvalue weighted by Gasteiger charge is -2.29. The van der Waals surface area contributed by atoms with Crippen LogP contribution in [0.4, 0.5) is 0 Å². The van der Waals surface area contributed by atoms with E-state index in [1.807, 2.05) is 6.07 Å². The second-order valence-electron chi connectivity index (χ2n) is 5.72. The molecule has 0 aromatic heterocycles. The van der Waals surface area contributed by atoms with E-state index in [0.717, 1.165) is 24.5 Å². The van der Waals surface area contributed by atoms with Gasteiger partial charge in [0, 0.05) is 25.6 Å². The summed E-state index contributed by atoms with van der Waals surface area (Å²) in [6.45, 7) is 4.12. The van der Waals surface area contributed by atoms with E-state index < -0.39 is 0 Å². The standard InChI is InChI=1S/C17H26N2OS/c1-13(16(20-2)15-9-6-11-18-15)17(21)19-12-10-14-7-4-3-5-8-14/h3-5,7-8,13,15-16,18H,6,9-12H2,1-2H3,(H,19,21)/t13-,15+,16-/m1/s1. The summed E-state index contributed by atoms with van der Waals surface area (Å²) in [4.78, 5) is 0.909. The minimum Gasteiger partial charge on any atom is -0.379 e. The first-order chi connectivity index (χ1) is 10.2. The second kappa shape index (κ2) is 8.47. The second-order valence-corrected chi connectivity index (χ2v) is 6.16. The molecule has 0 bridgehead atoms. The highest BCUT2D eigenvalue weighted by atomic mass is 32.1. The van der Waals surface area contributed by atoms with Crippen LogP contribution >= 0.6 is 12.2 Å². The fraction of sp³-hybridized carbons (Fsp3) is 0.588. The van der Waals surface area contributed by atoms with Gasteiger partial charge >= 0.3 is 0 Å². The maximum absolute atomic E-state index is 5.69. The third-order valence-corrected chi connectivity index (χ3v) is 4.75. The third-order valence-electron chi connectivity index (χ3n) is 4.23. The Labute approximate surface area is 133 Å². The van der Waals surface area contributed by atoms with Gasteiger partial charge in [0.2, 0.25) is 0 Å². The minimum atomic E-state index is 0.157. The molecular formula is C17H26N2OS. The van der Waals surface area contributed by atoms with Gasteiger partial charge in [-0.1, -0.05) is 49.5 Å². The fourth-order valence-electron chi connectivity index (χ4n) is 2.99. The normalized spacial score (nSPS) is 21.0. The minimum absolute atomic E-state index is 0.157. The Hall–Kier alpha value is -0.970. The average molecular weight is 306 g/mol. The van der Waals surface area contributed by atoms with Gasteiger partial charge in [-0.05, 0) is 31.4 Å². The van der Waals surface area contributed by atoms with Gasteiger partial charge in [0.15, 0.2) is 0 Å². The van der Waals surface area contributed by atoms with Gasteiger partial charge in [-0.2, -0.15) is 0 Å². The molecule has 2 N–H and O–H groups in total. The molecule has 2 rings (SSSR count). The zero-order valence-electron chi connectivity index (χ0n) is 13.0. The monoisotopic (exact) mass is 306 g/mol. The fourth-order valence-corrected chi connectivity index (χ4v) is 3.23. The number of hydrogen-bond acceptors (Lipinski definition) is 3. The predicted octanol–water partition coefficient (Wildman–Crippen LogP) is 2.55. The van der Waals surface area contributed by atoms with Crippen molar-refractivity contribution in [3.63, 3.8) is 0 Å². The Morgan fingerprint density at radius 1 is 1.43 bits per heavy atom. The number of hydrogen-bond donors (Lipinski definition) is 2. The van der Waals surface area contributed by atoms with Crippen molar-refractivity contribution < 1.29 is 4.74 Å². The van der Waals surface area contributed by atoms with E-state index in [-0.39, 0.29) is 12.0 Å². The van der Waals surface area contributed by atoms with Crippen molar-refractivity contribution in [3.05, 3.63) is 35.9 Å². The van der Waals surface area contributed by atoms with Crippen LogP contribution in [0.25, 0.3) is 0 Å². The highest BCUT2D eigenvalue weighted by Gasteiger charge is 2.30. The Balaban J connectivity index is 1.78. The highest BCUT2D eigenvalue weighted by molar-refractivity contribution is 7.80. The summed E-state index contributed by atoms with van der Waals surface area (Å²) in [5.74, 6) is 0.233. The molecule has 0 spiro atoms. The molecule has 3 atom stereocenters. The Kier molecular flexibility index (Phi) is 6.61. The van der Waals surface area contributed by atoms with E-state index in [1.165, 1.54) is 18.4 Å². The lowest BCUT2D eigenvalue weighted by atomic mass is 9.96. The van der Waals surface area contributed by atoms with Crippen LogP contribution in [0.15, 0.2) is 30.3 Å². The quantitative estimate of drug-likeness (QED) is 0.759. The third kappa shape index (κ3) is 4.77. The average Bonchev–Trinajstić information content (AvgIpc) is 3.03. The number of methoxy groups -OCH3 is 1. The van der Waals surface area contributed by atoms with Crippen LogP contribution in [-0.4, -0.2) is 37.3 Å². The molecule has 4 heteroatoms. The van der Waals surface area contributed by atoms with Gasteiger partial charge in [-0.15, -0.1) is 0 Å². The van der Waals surface area contributed by atoms with Crippen LogP contribution in [0.5, 0.6) is 0 Å². The Morgan fingerprint density at radius 3 is 2.81 bits per heavy atom. The van der Waals surface area contributed by atoms with Gasteiger partial charge in [0.25, 0.3) is 0 Å². The molecule has 0 unspecified atom stereocenters. The topological polar surface area (TPSA) is 33.3 Å². The molecule has 116 valence electrons. The predicted molar refractivity (Wildman–Crippen MR) is 91.7 cm³/mol. The van der Waals surface area contributed by atoms with Crippen molar-refractivity contribution in [3.8, 4) is 0 Å². The molecule has 0 radical (unpaired) electrons. The lowest BCUT2D eigenvalue weighted by molar-refractivity contribution is 0.0526. The Morgan fingerprint density at radius 2 is 2.19 bits per heavy atom. The van der Waals surface area contributed by atoms with Crippen molar-refractivity contribution >= 4 is 17.2 Å².